The van der Waals surface area contributed by atoms with Crippen LogP contribution in [0.1, 0.15) is 39.5 Å². The molecular formula is C12H21NO2. The quantitative estimate of drug-likeness (QED) is 0.667. The van der Waals surface area contributed by atoms with Crippen LogP contribution in [-0.2, 0) is 4.74 Å². The van der Waals surface area contributed by atoms with Gasteiger partial charge in [0.05, 0.1) is 6.10 Å². The molecule has 1 saturated heterocycles. The molecule has 0 aromatic heterocycles. The normalized spacial score (nSPS) is 30.5. The number of hydrogen-bond acceptors (Lipinski definition) is 2. The molecule has 2 rings (SSSR count). The zero-order chi connectivity index (χ0) is 10.8. The third-order valence-corrected chi connectivity index (χ3v) is 3.44. The second kappa shape index (κ2) is 4.42. The van der Waals surface area contributed by atoms with Crippen LogP contribution < -0.4 is 0 Å². The van der Waals surface area contributed by atoms with Crippen molar-refractivity contribution in [2.24, 2.45) is 11.8 Å². The van der Waals surface area contributed by atoms with Gasteiger partial charge in [-0.25, -0.2) is 4.79 Å². The van der Waals surface area contributed by atoms with E-state index in [4.69, 9.17) is 4.74 Å². The first-order valence-electron chi connectivity index (χ1n) is 6.10. The lowest BCUT2D eigenvalue weighted by Crippen LogP contribution is -2.46. The lowest BCUT2D eigenvalue weighted by molar-refractivity contribution is 0.0389. The minimum atomic E-state index is -0.110. The molecule has 0 aromatic carbocycles. The van der Waals surface area contributed by atoms with Crippen LogP contribution in [0.4, 0.5) is 4.79 Å². The number of hydrogen-bond donors (Lipinski definition) is 0. The Kier molecular flexibility index (Phi) is 3.17. The summed E-state index contributed by atoms with van der Waals surface area (Å²) in [5, 5.41) is 0. The highest BCUT2D eigenvalue weighted by Crippen LogP contribution is 2.34. The van der Waals surface area contributed by atoms with Gasteiger partial charge in [-0.05, 0) is 44.9 Å². The van der Waals surface area contributed by atoms with Crippen LogP contribution in [-0.4, -0.2) is 30.2 Å². The Balaban J connectivity index is 1.90. The van der Waals surface area contributed by atoms with Gasteiger partial charge in [-0.2, -0.15) is 0 Å². The van der Waals surface area contributed by atoms with E-state index in [0.717, 1.165) is 24.9 Å². The summed E-state index contributed by atoms with van der Waals surface area (Å²) < 4.78 is 5.24. The van der Waals surface area contributed by atoms with E-state index in [1.165, 1.54) is 25.7 Å². The lowest BCUT2D eigenvalue weighted by Gasteiger charge is -2.40. The molecule has 1 aliphatic carbocycles. The summed E-state index contributed by atoms with van der Waals surface area (Å²) in [5.41, 5.74) is 0. The van der Waals surface area contributed by atoms with Crippen LogP contribution in [0.5, 0.6) is 0 Å². The van der Waals surface area contributed by atoms with E-state index in [-0.39, 0.29) is 12.2 Å². The van der Waals surface area contributed by atoms with Crippen molar-refractivity contribution >= 4 is 6.09 Å². The van der Waals surface area contributed by atoms with Gasteiger partial charge in [0, 0.05) is 13.1 Å². The van der Waals surface area contributed by atoms with Gasteiger partial charge in [0.15, 0.2) is 0 Å². The average molecular weight is 211 g/mol. The molecule has 2 fully saturated rings. The number of carbonyl (C=O) groups excluding carboxylic acids is 1. The first-order valence-corrected chi connectivity index (χ1v) is 6.10. The maximum absolute atomic E-state index is 11.7. The van der Waals surface area contributed by atoms with E-state index in [9.17, 15) is 4.79 Å². The third-order valence-electron chi connectivity index (χ3n) is 3.44. The zero-order valence-corrected chi connectivity index (χ0v) is 9.74. The Labute approximate surface area is 91.8 Å². The predicted octanol–water partition coefficient (Wildman–Crippen LogP) is 2.65. The molecule has 0 N–H and O–H groups in total. The van der Waals surface area contributed by atoms with Crippen LogP contribution >= 0.6 is 0 Å². The lowest BCUT2D eigenvalue weighted by atomic mass is 9.78. The molecule has 15 heavy (non-hydrogen) atoms. The van der Waals surface area contributed by atoms with Gasteiger partial charge in [-0.3, -0.25) is 0 Å². The minimum absolute atomic E-state index is 0.000679. The molecule has 2 bridgehead atoms. The first kappa shape index (κ1) is 10.8. The summed E-state index contributed by atoms with van der Waals surface area (Å²) in [6.45, 7) is 5.65. The van der Waals surface area contributed by atoms with Gasteiger partial charge >= 0.3 is 6.09 Å². The second-order valence-electron chi connectivity index (χ2n) is 5.24. The van der Waals surface area contributed by atoms with E-state index in [1.807, 2.05) is 18.7 Å². The number of amides is 1. The number of nitrogens with zero attached hydrogens (tertiary/aromatic N) is 1. The van der Waals surface area contributed by atoms with Crippen LogP contribution in [0, 0.1) is 11.8 Å². The molecule has 1 saturated carbocycles. The Morgan fingerprint density at radius 2 is 1.87 bits per heavy atom. The number of ether oxygens (including phenoxy) is 1. The monoisotopic (exact) mass is 211 g/mol. The minimum Gasteiger partial charge on any atom is -0.447 e. The summed E-state index contributed by atoms with van der Waals surface area (Å²) in [5.74, 6) is 1.47. The van der Waals surface area contributed by atoms with Crippen molar-refractivity contribution in [3.8, 4) is 0 Å². The molecule has 3 heteroatoms. The summed E-state index contributed by atoms with van der Waals surface area (Å²) >= 11 is 0. The zero-order valence-electron chi connectivity index (χ0n) is 9.74. The molecule has 0 aromatic rings. The van der Waals surface area contributed by atoms with E-state index in [1.54, 1.807) is 0 Å². The molecule has 2 aliphatic rings. The SMILES string of the molecule is CC(C)OC(=O)N1CC2CCCC(C2)C1. The van der Waals surface area contributed by atoms with Crippen molar-refractivity contribution in [1.82, 2.24) is 4.90 Å². The van der Waals surface area contributed by atoms with Gasteiger partial charge in [-0.1, -0.05) is 6.42 Å². The van der Waals surface area contributed by atoms with E-state index < -0.39 is 0 Å². The molecule has 86 valence electrons. The van der Waals surface area contributed by atoms with Crippen molar-refractivity contribution in [3.63, 3.8) is 0 Å². The fourth-order valence-corrected chi connectivity index (χ4v) is 2.86. The van der Waals surface area contributed by atoms with Crippen LogP contribution in [0.25, 0.3) is 0 Å². The summed E-state index contributed by atoms with van der Waals surface area (Å²) in [6, 6.07) is 0. The number of likely N-dealkylation sites (tertiary alicyclic amines) is 1. The van der Waals surface area contributed by atoms with Crippen LogP contribution in [0.3, 0.4) is 0 Å². The van der Waals surface area contributed by atoms with Crippen molar-refractivity contribution in [3.05, 3.63) is 0 Å². The third kappa shape index (κ3) is 2.64. The number of rotatable bonds is 1. The molecule has 1 aliphatic heterocycles. The molecule has 1 heterocycles. The van der Waals surface area contributed by atoms with Crippen molar-refractivity contribution in [2.45, 2.75) is 45.6 Å². The van der Waals surface area contributed by atoms with Crippen molar-refractivity contribution < 1.29 is 9.53 Å². The molecule has 2 unspecified atom stereocenters. The van der Waals surface area contributed by atoms with Crippen LogP contribution in [0.2, 0.25) is 0 Å². The fraction of sp³-hybridized carbons (Fsp3) is 0.917. The second-order valence-corrected chi connectivity index (χ2v) is 5.24. The Morgan fingerprint density at radius 1 is 1.27 bits per heavy atom. The standard InChI is InChI=1S/C12H21NO2/c1-9(2)15-12(14)13-7-10-4-3-5-11(6-10)8-13/h9-11H,3-8H2,1-2H3. The maximum Gasteiger partial charge on any atom is 0.410 e. The maximum atomic E-state index is 11.7. The highest BCUT2D eigenvalue weighted by molar-refractivity contribution is 5.68. The number of fused-ring (bicyclic) bond motifs is 2. The average Bonchev–Trinajstić information content (AvgIpc) is 2.16. The molecule has 3 nitrogen and oxygen atoms in total. The largest absolute Gasteiger partial charge is 0.447 e. The van der Waals surface area contributed by atoms with Crippen molar-refractivity contribution in [2.75, 3.05) is 13.1 Å². The topological polar surface area (TPSA) is 29.5 Å². The molecule has 0 radical (unpaired) electrons. The van der Waals surface area contributed by atoms with E-state index in [2.05, 4.69) is 0 Å². The van der Waals surface area contributed by atoms with Crippen molar-refractivity contribution in [1.29, 1.82) is 0 Å². The predicted molar refractivity (Wildman–Crippen MR) is 58.6 cm³/mol. The first-order chi connectivity index (χ1) is 7.15. The van der Waals surface area contributed by atoms with E-state index >= 15 is 0 Å². The summed E-state index contributed by atoms with van der Waals surface area (Å²) in [7, 11) is 0. The van der Waals surface area contributed by atoms with Gasteiger partial charge in [-0.15, -0.1) is 0 Å². The van der Waals surface area contributed by atoms with Gasteiger partial charge in [0.1, 0.15) is 0 Å². The van der Waals surface area contributed by atoms with Crippen LogP contribution in [0.15, 0.2) is 0 Å². The Hall–Kier alpha value is -0.730. The van der Waals surface area contributed by atoms with Gasteiger partial charge in [0.25, 0.3) is 0 Å². The molecule has 0 spiro atoms. The Morgan fingerprint density at radius 3 is 2.40 bits per heavy atom. The summed E-state index contributed by atoms with van der Waals surface area (Å²) in [6.07, 6.45) is 5.15. The van der Waals surface area contributed by atoms with E-state index in [0.29, 0.717) is 0 Å². The van der Waals surface area contributed by atoms with Gasteiger partial charge in [0.2, 0.25) is 0 Å². The fourth-order valence-electron chi connectivity index (χ4n) is 2.86. The summed E-state index contributed by atoms with van der Waals surface area (Å²) in [4.78, 5) is 13.7. The molecule has 1 amide bonds. The smallest absolute Gasteiger partial charge is 0.410 e. The highest BCUT2D eigenvalue weighted by Gasteiger charge is 2.33. The molecular weight excluding hydrogens is 190 g/mol. The number of piperidine rings is 1. The van der Waals surface area contributed by atoms with Gasteiger partial charge < -0.3 is 9.64 Å². The number of carbonyl (C=O) groups is 1. The molecule has 2 atom stereocenters. The highest BCUT2D eigenvalue weighted by atomic mass is 16.6. The Bertz CT molecular complexity index is 228.